The number of fused-ring (bicyclic) bond motifs is 2. The molecule has 0 aliphatic carbocycles. The van der Waals surface area contributed by atoms with Crippen LogP contribution in [0.2, 0.25) is 0 Å². The van der Waals surface area contributed by atoms with Crippen LogP contribution in [0.1, 0.15) is 25.1 Å². The van der Waals surface area contributed by atoms with Gasteiger partial charge >= 0.3 is 6.03 Å². The number of nitrogens with zero attached hydrogens (tertiary/aromatic N) is 3. The molecule has 1 aromatic carbocycles. The molecule has 4 N–H and O–H groups in total. The number of ether oxygens (including phenoxy) is 1. The molecule has 0 spiro atoms. The number of aromatic amines is 2. The number of benzene rings is 1. The molecule has 146 valence electrons. The lowest BCUT2D eigenvalue weighted by atomic mass is 10.1. The molecule has 4 heterocycles. The Kier molecular flexibility index (Phi) is 3.93. The number of aromatic nitrogens is 4. The summed E-state index contributed by atoms with van der Waals surface area (Å²) in [5.41, 5.74) is 3.60. The summed E-state index contributed by atoms with van der Waals surface area (Å²) in [4.78, 5) is 21.5. The first-order valence-electron chi connectivity index (χ1n) is 9.28. The van der Waals surface area contributed by atoms with Gasteiger partial charge in [-0.15, -0.1) is 0 Å². The first kappa shape index (κ1) is 17.0. The van der Waals surface area contributed by atoms with Crippen LogP contribution in [0.4, 0.5) is 20.6 Å². The molecule has 9 nitrogen and oxygen atoms in total. The maximum absolute atomic E-state index is 14.7. The molecule has 2 amide bonds. The van der Waals surface area contributed by atoms with Gasteiger partial charge in [0, 0.05) is 25.8 Å². The van der Waals surface area contributed by atoms with Crippen molar-refractivity contribution in [3.05, 3.63) is 23.6 Å². The minimum Gasteiger partial charge on any atom is -0.380 e. The molecule has 1 saturated heterocycles. The third-order valence-corrected chi connectivity index (χ3v) is 5.15. The summed E-state index contributed by atoms with van der Waals surface area (Å²) >= 11 is 0. The average Bonchev–Trinajstić information content (AvgIpc) is 3.15. The van der Waals surface area contributed by atoms with Crippen LogP contribution in [0, 0.1) is 5.82 Å². The summed E-state index contributed by atoms with van der Waals surface area (Å²) in [5.74, 6) is 0.153. The highest BCUT2D eigenvalue weighted by molar-refractivity contribution is 5.97. The second-order valence-electron chi connectivity index (χ2n) is 7.04. The number of carbonyl (C=O) groups is 1. The van der Waals surface area contributed by atoms with E-state index in [4.69, 9.17) is 4.74 Å². The van der Waals surface area contributed by atoms with E-state index in [1.54, 1.807) is 6.07 Å². The van der Waals surface area contributed by atoms with Crippen LogP contribution in [0.5, 0.6) is 0 Å². The van der Waals surface area contributed by atoms with E-state index in [0.29, 0.717) is 53.7 Å². The summed E-state index contributed by atoms with van der Waals surface area (Å²) in [5, 5.41) is 12.8. The Morgan fingerprint density at radius 2 is 2.18 bits per heavy atom. The molecule has 28 heavy (non-hydrogen) atoms. The summed E-state index contributed by atoms with van der Waals surface area (Å²) < 4.78 is 20.2. The van der Waals surface area contributed by atoms with E-state index in [2.05, 4.69) is 30.8 Å². The van der Waals surface area contributed by atoms with Crippen LogP contribution in [-0.2, 0) is 4.74 Å². The Hall–Kier alpha value is -3.14. The summed E-state index contributed by atoms with van der Waals surface area (Å²) in [7, 11) is 0. The SMILES string of the molecule is CC1NC(=O)Nc2c(-c3nc4cc(F)c(N5CCCOCC5)cc4[nH]3)n[nH]c21. The van der Waals surface area contributed by atoms with Gasteiger partial charge in [-0.3, -0.25) is 5.10 Å². The molecule has 1 fully saturated rings. The zero-order valence-electron chi connectivity index (χ0n) is 15.3. The maximum atomic E-state index is 14.7. The molecule has 2 aromatic heterocycles. The molecule has 10 heteroatoms. The highest BCUT2D eigenvalue weighted by atomic mass is 19.1. The lowest BCUT2D eigenvalue weighted by Crippen LogP contribution is -2.36. The third-order valence-electron chi connectivity index (χ3n) is 5.15. The highest BCUT2D eigenvalue weighted by Gasteiger charge is 2.28. The van der Waals surface area contributed by atoms with Gasteiger partial charge in [-0.1, -0.05) is 0 Å². The van der Waals surface area contributed by atoms with E-state index in [9.17, 15) is 9.18 Å². The van der Waals surface area contributed by atoms with Gasteiger partial charge in [0.15, 0.2) is 11.5 Å². The summed E-state index contributed by atoms with van der Waals surface area (Å²) in [6.07, 6.45) is 0.858. The molecule has 3 aromatic rings. The molecule has 1 unspecified atom stereocenters. The number of H-pyrrole nitrogens is 2. The van der Waals surface area contributed by atoms with Crippen molar-refractivity contribution in [3.8, 4) is 11.5 Å². The molecular weight excluding hydrogens is 365 g/mol. The number of rotatable bonds is 2. The van der Waals surface area contributed by atoms with Crippen molar-refractivity contribution in [1.82, 2.24) is 25.5 Å². The van der Waals surface area contributed by atoms with Gasteiger partial charge in [0.05, 0.1) is 40.8 Å². The minimum atomic E-state index is -0.317. The molecule has 0 saturated carbocycles. The van der Waals surface area contributed by atoms with Gasteiger partial charge in [-0.25, -0.2) is 14.2 Å². The number of halogens is 1. The number of carbonyl (C=O) groups excluding carboxylic acids is 1. The second-order valence-corrected chi connectivity index (χ2v) is 7.04. The average molecular weight is 385 g/mol. The predicted molar refractivity (Wildman–Crippen MR) is 102 cm³/mol. The van der Waals surface area contributed by atoms with Crippen molar-refractivity contribution in [2.75, 3.05) is 36.5 Å². The maximum Gasteiger partial charge on any atom is 0.319 e. The van der Waals surface area contributed by atoms with Crippen molar-refractivity contribution in [1.29, 1.82) is 0 Å². The van der Waals surface area contributed by atoms with Crippen LogP contribution in [-0.4, -0.2) is 52.5 Å². The van der Waals surface area contributed by atoms with Crippen molar-refractivity contribution in [2.24, 2.45) is 0 Å². The van der Waals surface area contributed by atoms with Gasteiger partial charge in [0.1, 0.15) is 5.82 Å². The number of urea groups is 1. The Morgan fingerprint density at radius 1 is 1.29 bits per heavy atom. The number of imidazole rings is 1. The van der Waals surface area contributed by atoms with E-state index >= 15 is 0 Å². The van der Waals surface area contributed by atoms with Gasteiger partial charge < -0.3 is 25.3 Å². The Morgan fingerprint density at radius 3 is 3.07 bits per heavy atom. The van der Waals surface area contributed by atoms with E-state index in [0.717, 1.165) is 18.7 Å². The highest BCUT2D eigenvalue weighted by Crippen LogP contribution is 2.34. The molecule has 1 atom stereocenters. The fourth-order valence-corrected chi connectivity index (χ4v) is 3.75. The quantitative estimate of drug-likeness (QED) is 0.542. The Labute approximate surface area is 159 Å². The number of anilines is 2. The summed E-state index contributed by atoms with van der Waals surface area (Å²) in [6, 6.07) is 2.71. The first-order valence-corrected chi connectivity index (χ1v) is 9.28. The lowest BCUT2D eigenvalue weighted by molar-refractivity contribution is 0.152. The van der Waals surface area contributed by atoms with Gasteiger partial charge in [-0.05, 0) is 19.4 Å². The van der Waals surface area contributed by atoms with Crippen LogP contribution < -0.4 is 15.5 Å². The molecule has 0 radical (unpaired) electrons. The normalized spacial score (nSPS) is 19.9. The zero-order valence-corrected chi connectivity index (χ0v) is 15.3. The fraction of sp³-hybridized carbons (Fsp3) is 0.389. The van der Waals surface area contributed by atoms with E-state index < -0.39 is 0 Å². The van der Waals surface area contributed by atoms with E-state index in [1.165, 1.54) is 6.07 Å². The van der Waals surface area contributed by atoms with Crippen LogP contribution >= 0.6 is 0 Å². The van der Waals surface area contributed by atoms with Gasteiger partial charge in [-0.2, -0.15) is 5.10 Å². The fourth-order valence-electron chi connectivity index (χ4n) is 3.75. The van der Waals surface area contributed by atoms with Crippen LogP contribution in [0.25, 0.3) is 22.6 Å². The van der Waals surface area contributed by atoms with Crippen molar-refractivity contribution < 1.29 is 13.9 Å². The number of nitrogens with one attached hydrogen (secondary N) is 4. The molecule has 2 aliphatic heterocycles. The van der Waals surface area contributed by atoms with Gasteiger partial charge in [0.2, 0.25) is 0 Å². The molecular formula is C18H20FN7O2. The Balaban J connectivity index is 1.55. The number of hydrogen-bond acceptors (Lipinski definition) is 5. The third kappa shape index (κ3) is 2.76. The molecule has 2 aliphatic rings. The zero-order chi connectivity index (χ0) is 19.3. The molecule has 5 rings (SSSR count). The molecule has 0 bridgehead atoms. The van der Waals surface area contributed by atoms with Gasteiger partial charge in [0.25, 0.3) is 0 Å². The smallest absolute Gasteiger partial charge is 0.319 e. The first-order chi connectivity index (χ1) is 13.6. The van der Waals surface area contributed by atoms with Crippen molar-refractivity contribution >= 4 is 28.4 Å². The summed E-state index contributed by atoms with van der Waals surface area (Å²) in [6.45, 7) is 4.53. The van der Waals surface area contributed by atoms with Crippen LogP contribution in [0.15, 0.2) is 12.1 Å². The lowest BCUT2D eigenvalue weighted by Gasteiger charge is -2.22. The topological polar surface area (TPSA) is 111 Å². The number of amides is 2. The Bertz CT molecular complexity index is 1050. The van der Waals surface area contributed by atoms with Crippen molar-refractivity contribution in [3.63, 3.8) is 0 Å². The monoisotopic (exact) mass is 385 g/mol. The van der Waals surface area contributed by atoms with E-state index in [1.807, 2.05) is 11.8 Å². The van der Waals surface area contributed by atoms with Crippen molar-refractivity contribution in [2.45, 2.75) is 19.4 Å². The predicted octanol–water partition coefficient (Wildman–Crippen LogP) is 2.51. The minimum absolute atomic E-state index is 0.191. The number of hydrogen-bond donors (Lipinski definition) is 4. The standard InChI is InChI=1S/C18H20FN7O2/c1-9-14-15(23-18(27)20-9)16(25-24-14)17-21-11-7-10(19)13(8-12(11)22-17)26-3-2-5-28-6-4-26/h7-9H,2-6H2,1H3,(H,21,22)(H,24,25)(H2,20,23,27). The second kappa shape index (κ2) is 6.48. The van der Waals surface area contributed by atoms with Crippen LogP contribution in [0.3, 0.4) is 0 Å². The largest absolute Gasteiger partial charge is 0.380 e. The van der Waals surface area contributed by atoms with E-state index in [-0.39, 0.29) is 17.9 Å².